The Hall–Kier alpha value is -2.12. The van der Waals surface area contributed by atoms with Crippen molar-refractivity contribution in [2.45, 2.75) is 57.0 Å². The fourth-order valence-corrected chi connectivity index (χ4v) is 7.04. The van der Waals surface area contributed by atoms with Crippen LogP contribution in [0.4, 0.5) is 4.79 Å². The highest BCUT2D eigenvalue weighted by Gasteiger charge is 2.26. The third-order valence-corrected chi connectivity index (χ3v) is 8.74. The van der Waals surface area contributed by atoms with Gasteiger partial charge in [0.1, 0.15) is 0 Å². The van der Waals surface area contributed by atoms with Crippen LogP contribution in [0.5, 0.6) is 0 Å². The van der Waals surface area contributed by atoms with E-state index in [9.17, 15) is 9.59 Å². The largest absolute Gasteiger partial charge is 0.348 e. The summed E-state index contributed by atoms with van der Waals surface area (Å²) < 4.78 is 3.65. The van der Waals surface area contributed by atoms with Crippen molar-refractivity contribution in [1.82, 2.24) is 15.5 Å². The minimum absolute atomic E-state index is 0.0117. The second kappa shape index (κ2) is 8.55. The predicted molar refractivity (Wildman–Crippen MR) is 125 cm³/mol. The zero-order valence-electron chi connectivity index (χ0n) is 17.0. The van der Waals surface area contributed by atoms with Crippen molar-refractivity contribution in [3.8, 4) is 0 Å². The third-order valence-electron chi connectivity index (χ3n) is 6.32. The van der Waals surface area contributed by atoms with Crippen molar-refractivity contribution < 1.29 is 9.59 Å². The minimum atomic E-state index is 0.0117. The average molecular weight is 442 g/mol. The quantitative estimate of drug-likeness (QED) is 0.575. The molecular weight excluding hydrogens is 414 g/mol. The number of nitrogens with one attached hydrogen (secondary N) is 2. The minimum Gasteiger partial charge on any atom is -0.348 e. The Morgan fingerprint density at radius 2 is 1.60 bits per heavy atom. The highest BCUT2D eigenvalue weighted by atomic mass is 32.1. The number of carbonyl (C=O) groups is 2. The van der Waals surface area contributed by atoms with Gasteiger partial charge in [0.05, 0.1) is 9.58 Å². The van der Waals surface area contributed by atoms with Crippen LogP contribution in [0.15, 0.2) is 30.3 Å². The Kier molecular flexibility index (Phi) is 5.65. The molecule has 1 saturated carbocycles. The number of hydrogen-bond acceptors (Lipinski definition) is 4. The lowest BCUT2D eigenvalue weighted by atomic mass is 9.95. The molecule has 0 unspecified atom stereocenters. The number of piperidine rings is 1. The molecule has 2 N–H and O–H groups in total. The van der Waals surface area contributed by atoms with E-state index in [1.165, 1.54) is 38.7 Å². The molecule has 2 fully saturated rings. The number of fused-ring (bicyclic) bond motifs is 3. The first-order valence-corrected chi connectivity index (χ1v) is 12.6. The molecule has 1 aliphatic carbocycles. The Balaban J connectivity index is 1.16. The van der Waals surface area contributed by atoms with Crippen LogP contribution >= 0.6 is 22.7 Å². The molecule has 1 aromatic carbocycles. The van der Waals surface area contributed by atoms with Gasteiger partial charge < -0.3 is 15.5 Å². The number of rotatable bonds is 3. The summed E-state index contributed by atoms with van der Waals surface area (Å²) in [4.78, 5) is 28.0. The van der Waals surface area contributed by atoms with Gasteiger partial charge in [0.2, 0.25) is 0 Å². The standard InChI is InChI=1S/C23H27N3O2S2/c27-22(20-14-19-21(30-20)17-8-4-5-9-18(17)29-19)24-16-10-12-26(13-11-16)23(28)25-15-6-2-1-3-7-15/h4-5,8-9,14-16H,1-3,6-7,10-13H2,(H,24,27)(H,25,28). The van der Waals surface area contributed by atoms with Crippen molar-refractivity contribution in [1.29, 1.82) is 0 Å². The first-order chi connectivity index (χ1) is 14.7. The Morgan fingerprint density at radius 1 is 0.867 bits per heavy atom. The fourth-order valence-electron chi connectivity index (χ4n) is 4.61. The van der Waals surface area contributed by atoms with Crippen LogP contribution < -0.4 is 10.6 Å². The summed E-state index contributed by atoms with van der Waals surface area (Å²) in [5, 5.41) is 7.63. The predicted octanol–water partition coefficient (Wildman–Crippen LogP) is 5.35. The maximum Gasteiger partial charge on any atom is 0.317 e. The lowest BCUT2D eigenvalue weighted by molar-refractivity contribution is 0.0921. The monoisotopic (exact) mass is 441 g/mol. The van der Waals surface area contributed by atoms with E-state index in [4.69, 9.17) is 0 Å². The number of thiophene rings is 2. The molecule has 30 heavy (non-hydrogen) atoms. The molecule has 1 aliphatic heterocycles. The Bertz CT molecular complexity index is 1060. The van der Waals surface area contributed by atoms with Crippen molar-refractivity contribution >= 4 is 54.1 Å². The number of nitrogens with zero attached hydrogens (tertiary/aromatic N) is 1. The second-order valence-corrected chi connectivity index (χ2v) is 10.6. The van der Waals surface area contributed by atoms with E-state index in [2.05, 4.69) is 28.8 Å². The Morgan fingerprint density at radius 3 is 2.40 bits per heavy atom. The SMILES string of the molecule is O=C(NC1CCN(C(=O)NC2CCCCC2)CC1)c1cc2sc3ccccc3c2s1. The van der Waals surface area contributed by atoms with Gasteiger partial charge in [-0.05, 0) is 37.8 Å². The summed E-state index contributed by atoms with van der Waals surface area (Å²) in [6, 6.07) is 10.9. The molecule has 5 rings (SSSR count). The summed E-state index contributed by atoms with van der Waals surface area (Å²) in [6.45, 7) is 1.40. The van der Waals surface area contributed by atoms with Gasteiger partial charge in [-0.3, -0.25) is 4.79 Å². The van der Waals surface area contributed by atoms with Crippen molar-refractivity contribution in [3.05, 3.63) is 35.2 Å². The molecule has 5 nitrogen and oxygen atoms in total. The molecule has 7 heteroatoms. The van der Waals surface area contributed by atoms with Crippen LogP contribution in [-0.2, 0) is 0 Å². The molecule has 2 aliphatic rings. The molecule has 1 saturated heterocycles. The van der Waals surface area contributed by atoms with Gasteiger partial charge in [0.15, 0.2) is 0 Å². The molecule has 3 aromatic rings. The molecule has 2 aromatic heterocycles. The molecule has 0 bridgehead atoms. The Labute approximate surface area is 184 Å². The lowest BCUT2D eigenvalue weighted by Gasteiger charge is -2.34. The first kappa shape index (κ1) is 19.8. The number of amides is 3. The van der Waals surface area contributed by atoms with Crippen LogP contribution in [0, 0.1) is 0 Å². The van der Waals surface area contributed by atoms with Crippen LogP contribution in [-0.4, -0.2) is 42.0 Å². The van der Waals surface area contributed by atoms with E-state index < -0.39 is 0 Å². The summed E-state index contributed by atoms with van der Waals surface area (Å²) in [5.41, 5.74) is 0. The van der Waals surface area contributed by atoms with Crippen LogP contribution in [0.2, 0.25) is 0 Å². The molecular formula is C23H27N3O2S2. The number of benzene rings is 1. The van der Waals surface area contributed by atoms with Crippen molar-refractivity contribution in [2.24, 2.45) is 0 Å². The van der Waals surface area contributed by atoms with Gasteiger partial charge in [-0.2, -0.15) is 0 Å². The van der Waals surface area contributed by atoms with Crippen LogP contribution in [0.1, 0.15) is 54.6 Å². The van der Waals surface area contributed by atoms with E-state index in [-0.39, 0.29) is 18.0 Å². The normalized spacial score (nSPS) is 18.7. The van der Waals surface area contributed by atoms with Crippen LogP contribution in [0.3, 0.4) is 0 Å². The number of likely N-dealkylation sites (tertiary alicyclic amines) is 1. The number of carbonyl (C=O) groups excluding carboxylic acids is 2. The van der Waals surface area contributed by atoms with E-state index in [1.807, 2.05) is 17.0 Å². The lowest BCUT2D eigenvalue weighted by Crippen LogP contribution is -2.51. The van der Waals surface area contributed by atoms with E-state index in [1.54, 1.807) is 22.7 Å². The zero-order valence-corrected chi connectivity index (χ0v) is 18.6. The fraction of sp³-hybridized carbons (Fsp3) is 0.478. The molecule has 3 heterocycles. The van der Waals surface area contributed by atoms with Crippen molar-refractivity contribution in [3.63, 3.8) is 0 Å². The summed E-state index contributed by atoms with van der Waals surface area (Å²) in [5.74, 6) is 0.0117. The van der Waals surface area contributed by atoms with E-state index in [0.29, 0.717) is 19.1 Å². The molecule has 0 atom stereocenters. The highest BCUT2D eigenvalue weighted by Crippen LogP contribution is 2.39. The molecule has 0 spiro atoms. The van der Waals surface area contributed by atoms with Crippen LogP contribution in [0.25, 0.3) is 19.5 Å². The number of hydrogen-bond donors (Lipinski definition) is 2. The van der Waals surface area contributed by atoms with E-state index in [0.717, 1.165) is 30.6 Å². The summed E-state index contributed by atoms with van der Waals surface area (Å²) in [7, 11) is 0. The average Bonchev–Trinajstić information content (AvgIpc) is 3.33. The maximum atomic E-state index is 12.8. The number of urea groups is 1. The highest BCUT2D eigenvalue weighted by molar-refractivity contribution is 7.33. The van der Waals surface area contributed by atoms with Gasteiger partial charge in [0, 0.05) is 40.0 Å². The smallest absolute Gasteiger partial charge is 0.317 e. The van der Waals surface area contributed by atoms with Crippen molar-refractivity contribution in [2.75, 3.05) is 13.1 Å². The van der Waals surface area contributed by atoms with Gasteiger partial charge >= 0.3 is 6.03 Å². The maximum absolute atomic E-state index is 12.8. The molecule has 3 amide bonds. The first-order valence-electron chi connectivity index (χ1n) is 10.9. The topological polar surface area (TPSA) is 61.4 Å². The van der Waals surface area contributed by atoms with Gasteiger partial charge in [-0.15, -0.1) is 22.7 Å². The third kappa shape index (κ3) is 4.05. The second-order valence-electron chi connectivity index (χ2n) is 8.42. The molecule has 158 valence electrons. The zero-order chi connectivity index (χ0) is 20.5. The van der Waals surface area contributed by atoms with E-state index >= 15 is 0 Å². The summed E-state index contributed by atoms with van der Waals surface area (Å²) in [6.07, 6.45) is 7.55. The summed E-state index contributed by atoms with van der Waals surface area (Å²) >= 11 is 3.32. The van der Waals surface area contributed by atoms with Gasteiger partial charge in [-0.25, -0.2) is 4.79 Å². The molecule has 0 radical (unpaired) electrons. The van der Waals surface area contributed by atoms with Gasteiger partial charge in [-0.1, -0.05) is 37.5 Å². The van der Waals surface area contributed by atoms with Gasteiger partial charge in [0.25, 0.3) is 5.91 Å².